The molecule has 0 aromatic rings. The zero-order valence-electron chi connectivity index (χ0n) is 8.85. The molecule has 0 bridgehead atoms. The third kappa shape index (κ3) is 3.92. The van der Waals surface area contributed by atoms with E-state index in [1.807, 2.05) is 6.92 Å². The van der Waals surface area contributed by atoms with Gasteiger partial charge in [-0.1, -0.05) is 0 Å². The van der Waals surface area contributed by atoms with E-state index in [0.29, 0.717) is 12.6 Å². The van der Waals surface area contributed by atoms with Crippen LogP contribution in [0.2, 0.25) is 0 Å². The lowest BCUT2D eigenvalue weighted by Crippen LogP contribution is -2.41. The van der Waals surface area contributed by atoms with Crippen LogP contribution in [0.5, 0.6) is 0 Å². The molecule has 84 valence electrons. The number of rotatable bonds is 5. The fourth-order valence-corrected chi connectivity index (χ4v) is 1.85. The standard InChI is InChI=1S/C10H21NO3/c1-2-14-10-3-5-11(6-4-10)7-9(13)8-12/h9-10,12-13H,2-8H2,1H3. The van der Waals surface area contributed by atoms with Gasteiger partial charge in [0.1, 0.15) is 0 Å². The van der Waals surface area contributed by atoms with Crippen LogP contribution in [0.25, 0.3) is 0 Å². The highest BCUT2D eigenvalue weighted by Gasteiger charge is 2.20. The molecule has 1 heterocycles. The molecule has 0 aliphatic carbocycles. The van der Waals surface area contributed by atoms with Crippen LogP contribution < -0.4 is 0 Å². The molecule has 4 nitrogen and oxygen atoms in total. The van der Waals surface area contributed by atoms with Crippen LogP contribution in [0.15, 0.2) is 0 Å². The minimum Gasteiger partial charge on any atom is -0.394 e. The molecule has 4 heteroatoms. The summed E-state index contributed by atoms with van der Waals surface area (Å²) < 4.78 is 5.52. The highest BCUT2D eigenvalue weighted by molar-refractivity contribution is 4.74. The molecule has 0 spiro atoms. The number of ether oxygens (including phenoxy) is 1. The lowest BCUT2D eigenvalue weighted by Gasteiger charge is -2.32. The number of piperidine rings is 1. The Kier molecular flexibility index (Phi) is 5.40. The Morgan fingerprint density at radius 3 is 2.57 bits per heavy atom. The molecule has 1 fully saturated rings. The van der Waals surface area contributed by atoms with E-state index in [-0.39, 0.29) is 6.61 Å². The average Bonchev–Trinajstić information content (AvgIpc) is 2.21. The van der Waals surface area contributed by atoms with Crippen molar-refractivity contribution in [2.75, 3.05) is 32.8 Å². The minimum atomic E-state index is -0.598. The Balaban J connectivity index is 2.15. The molecule has 0 amide bonds. The lowest BCUT2D eigenvalue weighted by atomic mass is 10.1. The summed E-state index contributed by atoms with van der Waals surface area (Å²) in [6, 6.07) is 0. The van der Waals surface area contributed by atoms with E-state index in [9.17, 15) is 5.11 Å². The maximum absolute atomic E-state index is 9.26. The van der Waals surface area contributed by atoms with E-state index >= 15 is 0 Å². The van der Waals surface area contributed by atoms with Gasteiger partial charge in [-0.2, -0.15) is 0 Å². The van der Waals surface area contributed by atoms with Crippen molar-refractivity contribution in [3.8, 4) is 0 Å². The van der Waals surface area contributed by atoms with Crippen LogP contribution in [0.4, 0.5) is 0 Å². The van der Waals surface area contributed by atoms with Gasteiger partial charge in [0.15, 0.2) is 0 Å². The summed E-state index contributed by atoms with van der Waals surface area (Å²) in [5.41, 5.74) is 0. The van der Waals surface area contributed by atoms with Crippen molar-refractivity contribution in [2.45, 2.75) is 32.0 Å². The van der Waals surface area contributed by atoms with E-state index in [0.717, 1.165) is 32.5 Å². The molecule has 1 saturated heterocycles. The van der Waals surface area contributed by atoms with Crippen molar-refractivity contribution < 1.29 is 14.9 Å². The molecule has 1 unspecified atom stereocenters. The first kappa shape index (κ1) is 11.9. The molecule has 2 N–H and O–H groups in total. The smallest absolute Gasteiger partial charge is 0.0897 e. The maximum atomic E-state index is 9.26. The van der Waals surface area contributed by atoms with Gasteiger partial charge in [-0.25, -0.2) is 0 Å². The van der Waals surface area contributed by atoms with Gasteiger partial charge in [0.25, 0.3) is 0 Å². The second-order valence-corrected chi connectivity index (χ2v) is 3.79. The Hall–Kier alpha value is -0.160. The van der Waals surface area contributed by atoms with Crippen molar-refractivity contribution in [1.82, 2.24) is 4.90 Å². The monoisotopic (exact) mass is 203 g/mol. The van der Waals surface area contributed by atoms with Crippen LogP contribution >= 0.6 is 0 Å². The summed E-state index contributed by atoms with van der Waals surface area (Å²) in [7, 11) is 0. The number of nitrogens with zero attached hydrogens (tertiary/aromatic N) is 1. The highest BCUT2D eigenvalue weighted by atomic mass is 16.5. The second-order valence-electron chi connectivity index (χ2n) is 3.79. The summed E-state index contributed by atoms with van der Waals surface area (Å²) in [6.45, 7) is 5.15. The summed E-state index contributed by atoms with van der Waals surface area (Å²) in [4.78, 5) is 2.18. The van der Waals surface area contributed by atoms with Crippen molar-refractivity contribution >= 4 is 0 Å². The molecule has 1 rings (SSSR count). The fraction of sp³-hybridized carbons (Fsp3) is 1.00. The number of β-amino-alcohol motifs (C(OH)–C–C–N with tert-alkyl or cyclic N) is 1. The first-order chi connectivity index (χ1) is 6.76. The van der Waals surface area contributed by atoms with Gasteiger partial charge in [0.05, 0.1) is 18.8 Å². The van der Waals surface area contributed by atoms with Crippen molar-refractivity contribution in [2.24, 2.45) is 0 Å². The molecule has 1 atom stereocenters. The largest absolute Gasteiger partial charge is 0.394 e. The van der Waals surface area contributed by atoms with Crippen LogP contribution in [-0.4, -0.2) is 60.2 Å². The molecule has 0 aromatic carbocycles. The van der Waals surface area contributed by atoms with Crippen molar-refractivity contribution in [3.63, 3.8) is 0 Å². The number of hydrogen-bond acceptors (Lipinski definition) is 4. The van der Waals surface area contributed by atoms with Gasteiger partial charge in [-0.3, -0.25) is 0 Å². The summed E-state index contributed by atoms with van der Waals surface area (Å²) in [5.74, 6) is 0. The van der Waals surface area contributed by atoms with Crippen LogP contribution in [0.1, 0.15) is 19.8 Å². The number of likely N-dealkylation sites (tertiary alicyclic amines) is 1. The van der Waals surface area contributed by atoms with Crippen molar-refractivity contribution in [1.29, 1.82) is 0 Å². The molecular weight excluding hydrogens is 182 g/mol. The lowest BCUT2D eigenvalue weighted by molar-refractivity contribution is -0.00357. The molecule has 0 aromatic heterocycles. The van der Waals surface area contributed by atoms with E-state index in [1.165, 1.54) is 0 Å². The number of hydrogen-bond donors (Lipinski definition) is 2. The zero-order chi connectivity index (χ0) is 10.4. The third-order valence-electron chi connectivity index (χ3n) is 2.62. The first-order valence-corrected chi connectivity index (χ1v) is 5.39. The third-order valence-corrected chi connectivity index (χ3v) is 2.62. The summed E-state index contributed by atoms with van der Waals surface area (Å²) in [5, 5.41) is 18.0. The Bertz CT molecular complexity index is 146. The maximum Gasteiger partial charge on any atom is 0.0897 e. The van der Waals surface area contributed by atoms with E-state index < -0.39 is 6.10 Å². The first-order valence-electron chi connectivity index (χ1n) is 5.39. The van der Waals surface area contributed by atoms with Crippen LogP contribution in [0.3, 0.4) is 0 Å². The van der Waals surface area contributed by atoms with Gasteiger partial charge >= 0.3 is 0 Å². The second kappa shape index (κ2) is 6.35. The van der Waals surface area contributed by atoms with Gasteiger partial charge in [0, 0.05) is 26.2 Å². The fourth-order valence-electron chi connectivity index (χ4n) is 1.85. The predicted molar refractivity (Wildman–Crippen MR) is 54.2 cm³/mol. The van der Waals surface area contributed by atoms with E-state index in [4.69, 9.17) is 9.84 Å². The normalized spacial score (nSPS) is 22.5. The molecule has 14 heavy (non-hydrogen) atoms. The van der Waals surface area contributed by atoms with Gasteiger partial charge < -0.3 is 19.8 Å². The van der Waals surface area contributed by atoms with E-state index in [2.05, 4.69) is 4.90 Å². The Labute approximate surface area is 85.5 Å². The van der Waals surface area contributed by atoms with Gasteiger partial charge in [0.2, 0.25) is 0 Å². The minimum absolute atomic E-state index is 0.147. The molecule has 0 radical (unpaired) electrons. The molecular formula is C10H21NO3. The van der Waals surface area contributed by atoms with Gasteiger partial charge in [-0.05, 0) is 19.8 Å². The van der Waals surface area contributed by atoms with Crippen molar-refractivity contribution in [3.05, 3.63) is 0 Å². The SMILES string of the molecule is CCOC1CCN(CC(O)CO)CC1. The quantitative estimate of drug-likeness (QED) is 0.652. The number of aliphatic hydroxyl groups excluding tert-OH is 2. The number of aliphatic hydroxyl groups is 2. The van der Waals surface area contributed by atoms with Gasteiger partial charge in [-0.15, -0.1) is 0 Å². The zero-order valence-corrected chi connectivity index (χ0v) is 8.85. The Morgan fingerprint density at radius 2 is 2.07 bits per heavy atom. The average molecular weight is 203 g/mol. The topological polar surface area (TPSA) is 52.9 Å². The van der Waals surface area contributed by atoms with Crippen LogP contribution in [-0.2, 0) is 4.74 Å². The Morgan fingerprint density at radius 1 is 1.43 bits per heavy atom. The molecule has 1 aliphatic rings. The summed E-state index contributed by atoms with van der Waals surface area (Å²) >= 11 is 0. The predicted octanol–water partition coefficient (Wildman–Crippen LogP) is -0.160. The summed E-state index contributed by atoms with van der Waals surface area (Å²) in [6.07, 6.45) is 1.86. The molecule has 1 aliphatic heterocycles. The van der Waals surface area contributed by atoms with Crippen LogP contribution in [0, 0.1) is 0 Å². The molecule has 0 saturated carbocycles. The van der Waals surface area contributed by atoms with E-state index in [1.54, 1.807) is 0 Å². The highest BCUT2D eigenvalue weighted by Crippen LogP contribution is 2.13.